The number of amides is 1. The Labute approximate surface area is 153 Å². The summed E-state index contributed by atoms with van der Waals surface area (Å²) in [6.45, 7) is 9.98. The smallest absolute Gasteiger partial charge is 0.223 e. The molecule has 1 aliphatic carbocycles. The monoisotopic (exact) mass is 351 g/mol. The van der Waals surface area contributed by atoms with Crippen molar-refractivity contribution in [2.24, 2.45) is 10.9 Å². The Morgan fingerprint density at radius 1 is 1.08 bits per heavy atom. The summed E-state index contributed by atoms with van der Waals surface area (Å²) < 4.78 is 0. The molecule has 1 saturated heterocycles. The van der Waals surface area contributed by atoms with Crippen LogP contribution in [0.25, 0.3) is 0 Å². The first-order valence-corrected chi connectivity index (χ1v) is 10.2. The van der Waals surface area contributed by atoms with Gasteiger partial charge in [0, 0.05) is 38.1 Å². The second kappa shape index (κ2) is 11.3. The zero-order chi connectivity index (χ0) is 17.9. The van der Waals surface area contributed by atoms with E-state index < -0.39 is 0 Å². The first kappa shape index (κ1) is 20.0. The molecule has 2 aliphatic rings. The summed E-state index contributed by atoms with van der Waals surface area (Å²) in [5.41, 5.74) is 0. The maximum absolute atomic E-state index is 11.6. The number of guanidine groups is 1. The number of carbonyl (C=O) groups is 1. The van der Waals surface area contributed by atoms with E-state index in [-0.39, 0.29) is 11.8 Å². The molecule has 1 atom stereocenters. The summed E-state index contributed by atoms with van der Waals surface area (Å²) in [4.78, 5) is 18.9. The molecular weight excluding hydrogens is 314 g/mol. The quantitative estimate of drug-likeness (QED) is 0.318. The second-order valence-electron chi connectivity index (χ2n) is 7.34. The molecule has 2 fully saturated rings. The highest BCUT2D eigenvalue weighted by Gasteiger charge is 2.28. The molecular formula is C19H37N5O. The van der Waals surface area contributed by atoms with Crippen LogP contribution >= 0.6 is 0 Å². The molecule has 0 spiro atoms. The Morgan fingerprint density at radius 2 is 1.88 bits per heavy atom. The van der Waals surface area contributed by atoms with Gasteiger partial charge in [-0.2, -0.15) is 0 Å². The van der Waals surface area contributed by atoms with Crippen molar-refractivity contribution < 1.29 is 4.79 Å². The van der Waals surface area contributed by atoms with Crippen LogP contribution in [0.1, 0.15) is 58.8 Å². The number of hydrogen-bond acceptors (Lipinski definition) is 3. The van der Waals surface area contributed by atoms with E-state index in [0.29, 0.717) is 6.54 Å². The lowest BCUT2D eigenvalue weighted by atomic mass is 10.0. The van der Waals surface area contributed by atoms with E-state index in [1.165, 1.54) is 38.8 Å². The average Bonchev–Trinajstić information content (AvgIpc) is 3.44. The predicted molar refractivity (Wildman–Crippen MR) is 104 cm³/mol. The number of aliphatic imine (C=N–C) groups is 1. The number of carbonyl (C=O) groups excluding carboxylic acids is 1. The Bertz CT molecular complexity index is 422. The summed E-state index contributed by atoms with van der Waals surface area (Å²) in [7, 11) is 0. The standard InChI is InChI=1S/C19H37N5O/c1-3-20-19(23-13-12-21-18(25)17-9-10-17)22-11-5-7-15-24-14-6-4-8-16(24)2/h16-17H,3-15H2,1-2H3,(H,21,25)(H2,20,22,23). The maximum Gasteiger partial charge on any atom is 0.223 e. The van der Waals surface area contributed by atoms with E-state index in [4.69, 9.17) is 0 Å². The summed E-state index contributed by atoms with van der Waals surface area (Å²) in [6, 6.07) is 0.752. The van der Waals surface area contributed by atoms with Crippen LogP contribution in [0.3, 0.4) is 0 Å². The van der Waals surface area contributed by atoms with Crippen molar-refractivity contribution in [1.29, 1.82) is 0 Å². The van der Waals surface area contributed by atoms with Crippen LogP contribution in [0.2, 0.25) is 0 Å². The largest absolute Gasteiger partial charge is 0.357 e. The van der Waals surface area contributed by atoms with Crippen LogP contribution in [-0.4, -0.2) is 62.1 Å². The fraction of sp³-hybridized carbons (Fsp3) is 0.895. The van der Waals surface area contributed by atoms with Gasteiger partial charge in [-0.3, -0.25) is 9.79 Å². The molecule has 1 unspecified atom stereocenters. The number of piperidine rings is 1. The summed E-state index contributed by atoms with van der Waals surface area (Å²) >= 11 is 0. The van der Waals surface area contributed by atoms with E-state index in [9.17, 15) is 4.79 Å². The molecule has 2 rings (SSSR count). The third kappa shape index (κ3) is 8.08. The Morgan fingerprint density at radius 3 is 2.60 bits per heavy atom. The number of likely N-dealkylation sites (tertiary alicyclic amines) is 1. The van der Waals surface area contributed by atoms with Gasteiger partial charge >= 0.3 is 0 Å². The van der Waals surface area contributed by atoms with Gasteiger partial charge in [-0.05, 0) is 65.5 Å². The molecule has 6 nitrogen and oxygen atoms in total. The molecule has 1 amide bonds. The van der Waals surface area contributed by atoms with Gasteiger partial charge in [0.25, 0.3) is 0 Å². The number of rotatable bonds is 10. The summed E-state index contributed by atoms with van der Waals surface area (Å²) in [5.74, 6) is 1.34. The predicted octanol–water partition coefficient (Wildman–Crippen LogP) is 1.72. The minimum Gasteiger partial charge on any atom is -0.357 e. The van der Waals surface area contributed by atoms with Crippen molar-refractivity contribution in [3.63, 3.8) is 0 Å². The van der Waals surface area contributed by atoms with Gasteiger partial charge in [0.15, 0.2) is 5.96 Å². The van der Waals surface area contributed by atoms with Gasteiger partial charge in [0.2, 0.25) is 5.91 Å². The fourth-order valence-corrected chi connectivity index (χ4v) is 3.31. The minimum atomic E-state index is 0.204. The number of hydrogen-bond donors (Lipinski definition) is 3. The zero-order valence-corrected chi connectivity index (χ0v) is 16.1. The van der Waals surface area contributed by atoms with Crippen molar-refractivity contribution in [2.45, 2.75) is 64.8 Å². The SMILES string of the molecule is CCNC(=NCCCCN1CCCCC1C)NCCNC(=O)C1CC1. The summed E-state index contributed by atoms with van der Waals surface area (Å²) in [6.07, 6.45) is 8.54. The molecule has 0 aromatic carbocycles. The van der Waals surface area contributed by atoms with E-state index >= 15 is 0 Å². The van der Waals surface area contributed by atoms with Crippen molar-refractivity contribution in [3.05, 3.63) is 0 Å². The lowest BCUT2D eigenvalue weighted by Gasteiger charge is -2.33. The van der Waals surface area contributed by atoms with Gasteiger partial charge in [-0.1, -0.05) is 6.42 Å². The topological polar surface area (TPSA) is 68.8 Å². The minimum absolute atomic E-state index is 0.204. The summed E-state index contributed by atoms with van der Waals surface area (Å²) in [5, 5.41) is 9.53. The zero-order valence-electron chi connectivity index (χ0n) is 16.1. The van der Waals surface area contributed by atoms with Gasteiger partial charge < -0.3 is 20.9 Å². The third-order valence-corrected chi connectivity index (χ3v) is 5.07. The second-order valence-corrected chi connectivity index (χ2v) is 7.34. The van der Waals surface area contributed by atoms with Crippen LogP contribution in [0.4, 0.5) is 0 Å². The maximum atomic E-state index is 11.6. The van der Waals surface area contributed by atoms with Crippen LogP contribution < -0.4 is 16.0 Å². The number of nitrogens with zero attached hydrogens (tertiary/aromatic N) is 2. The highest BCUT2D eigenvalue weighted by molar-refractivity contribution is 5.81. The van der Waals surface area contributed by atoms with Gasteiger partial charge in [-0.15, -0.1) is 0 Å². The molecule has 0 aromatic rings. The van der Waals surface area contributed by atoms with Gasteiger partial charge in [-0.25, -0.2) is 0 Å². The molecule has 25 heavy (non-hydrogen) atoms. The highest BCUT2D eigenvalue weighted by atomic mass is 16.2. The lowest BCUT2D eigenvalue weighted by molar-refractivity contribution is -0.122. The molecule has 0 aromatic heterocycles. The van der Waals surface area contributed by atoms with E-state index in [1.807, 2.05) is 0 Å². The van der Waals surface area contributed by atoms with E-state index in [0.717, 1.165) is 50.9 Å². The molecule has 3 N–H and O–H groups in total. The molecule has 1 heterocycles. The van der Waals surface area contributed by atoms with E-state index in [2.05, 4.69) is 39.7 Å². The highest BCUT2D eigenvalue weighted by Crippen LogP contribution is 2.28. The van der Waals surface area contributed by atoms with Crippen LogP contribution in [0, 0.1) is 5.92 Å². The van der Waals surface area contributed by atoms with Crippen molar-refractivity contribution in [1.82, 2.24) is 20.9 Å². The molecule has 144 valence electrons. The first-order chi connectivity index (χ1) is 12.2. The molecule has 0 bridgehead atoms. The van der Waals surface area contributed by atoms with E-state index in [1.54, 1.807) is 0 Å². The number of unbranched alkanes of at least 4 members (excludes halogenated alkanes) is 1. The van der Waals surface area contributed by atoms with Crippen LogP contribution in [0.15, 0.2) is 4.99 Å². The molecule has 6 heteroatoms. The van der Waals surface area contributed by atoms with Crippen molar-refractivity contribution >= 4 is 11.9 Å². The molecule has 1 aliphatic heterocycles. The van der Waals surface area contributed by atoms with Gasteiger partial charge in [0.05, 0.1) is 0 Å². The Kier molecular flexibility index (Phi) is 9.08. The third-order valence-electron chi connectivity index (χ3n) is 5.07. The molecule has 1 saturated carbocycles. The normalized spacial score (nSPS) is 21.8. The van der Waals surface area contributed by atoms with Crippen LogP contribution in [-0.2, 0) is 4.79 Å². The molecule has 0 radical (unpaired) electrons. The van der Waals surface area contributed by atoms with Crippen molar-refractivity contribution in [3.8, 4) is 0 Å². The first-order valence-electron chi connectivity index (χ1n) is 10.2. The van der Waals surface area contributed by atoms with Crippen LogP contribution in [0.5, 0.6) is 0 Å². The van der Waals surface area contributed by atoms with Gasteiger partial charge in [0.1, 0.15) is 0 Å². The Balaban J connectivity index is 1.55. The fourth-order valence-electron chi connectivity index (χ4n) is 3.31. The number of nitrogens with one attached hydrogen (secondary N) is 3. The van der Waals surface area contributed by atoms with Crippen molar-refractivity contribution in [2.75, 3.05) is 39.3 Å². The average molecular weight is 352 g/mol. The lowest BCUT2D eigenvalue weighted by Crippen LogP contribution is -2.41. The Hall–Kier alpha value is -1.30.